The van der Waals surface area contributed by atoms with E-state index in [4.69, 9.17) is 31.9 Å². The Hall–Kier alpha value is -5.30. The third-order valence-electron chi connectivity index (χ3n) is 17.7. The summed E-state index contributed by atoms with van der Waals surface area (Å²) in [4.78, 5) is 8.93. The van der Waals surface area contributed by atoms with Crippen LogP contribution in [-0.4, -0.2) is 110 Å². The maximum absolute atomic E-state index is 10.7. The number of aliphatic imine (C=N–C) groups is 1. The van der Waals surface area contributed by atoms with Crippen LogP contribution >= 0.6 is 0 Å². The van der Waals surface area contributed by atoms with E-state index in [1.54, 1.807) is 6.21 Å². The zero-order valence-corrected chi connectivity index (χ0v) is 67.2. The molecule has 0 bridgehead atoms. The maximum atomic E-state index is 10.7. The molecule has 100 heavy (non-hydrogen) atoms. The molecule has 24 heteroatoms. The minimum Gasteiger partial charge on any atom is -1.00 e. The molecule has 2 saturated heterocycles. The first kappa shape index (κ1) is 87.1. The van der Waals surface area contributed by atoms with Crippen molar-refractivity contribution in [2.45, 2.75) is 135 Å². The fraction of sp³-hybridized carbons (Fsp3) is 0.382. The lowest BCUT2D eigenvalue weighted by Gasteiger charge is -2.27. The molecule has 5 aromatic carbocycles. The Morgan fingerprint density at radius 2 is 1.03 bits per heavy atom. The van der Waals surface area contributed by atoms with Gasteiger partial charge in [-0.3, -0.25) is 4.99 Å². The van der Waals surface area contributed by atoms with Crippen LogP contribution in [0.25, 0.3) is 0 Å². The second-order valence-electron chi connectivity index (χ2n) is 25.2. The van der Waals surface area contributed by atoms with Crippen LogP contribution in [0.15, 0.2) is 218 Å². The van der Waals surface area contributed by atoms with Gasteiger partial charge < -0.3 is 57.3 Å². The van der Waals surface area contributed by atoms with Crippen molar-refractivity contribution < 1.29 is 78.2 Å². The molecule has 0 spiro atoms. The van der Waals surface area contributed by atoms with Crippen LogP contribution in [-0.2, 0) is 122 Å². The van der Waals surface area contributed by atoms with Crippen molar-refractivity contribution in [3.05, 3.63) is 235 Å². The number of allylic oxidation sites excluding steroid dienone is 9. The SMILES string of the molecule is C/C=C/C=Nc1ccccc1.C=C1N(CCC2OCCO2)c2ccccc2C1(C)C.C=CCC[N+]1=C(C)C(C)(C)c2ccccc21.C=CCC[N+]1=C(C=CC=CC=C2N(CCC3OCCO3)c3ccccc3C2(C)C)C(C)(C)c2ccccc21.O=S(=O)([O-])C(F)(F)F.S=S=S.S=S=S=S.[I-]. The highest BCUT2D eigenvalue weighted by Gasteiger charge is 2.45. The van der Waals surface area contributed by atoms with Crippen molar-refractivity contribution in [2.75, 3.05) is 62.4 Å². The number of para-hydroxylation sites is 5. The third kappa shape index (κ3) is 23.6. The van der Waals surface area contributed by atoms with Gasteiger partial charge in [-0.1, -0.05) is 162 Å². The van der Waals surface area contributed by atoms with Crippen LogP contribution in [0, 0.1) is 0 Å². The van der Waals surface area contributed by atoms with Crippen LogP contribution in [0.2, 0.25) is 0 Å². The maximum Gasteiger partial charge on any atom is 0.485 e. The number of ether oxygens (including phenoxy) is 4. The van der Waals surface area contributed by atoms with Crippen molar-refractivity contribution in [1.82, 2.24) is 0 Å². The smallest absolute Gasteiger partial charge is 0.485 e. The van der Waals surface area contributed by atoms with Gasteiger partial charge in [0.05, 0.1) is 42.9 Å². The number of hydrogen-bond donors (Lipinski definition) is 0. The monoisotopic (exact) mass is 1630 g/mol. The van der Waals surface area contributed by atoms with Crippen LogP contribution in [0.5, 0.6) is 0 Å². The molecule has 0 aliphatic carbocycles. The number of nitrogens with zero attached hydrogens (tertiary/aromatic N) is 5. The van der Waals surface area contributed by atoms with Gasteiger partial charge in [0, 0.05) is 186 Å². The standard InChI is InChI=1S/C34H41N2O2.C16H21NO2.C15H20N.C10H11N.CHF3O3S.HI.S4.S3/c1-6-7-22-35-28-17-13-11-15-26(28)33(2,3)30(35)19-9-8-10-20-31-34(4,5)27-16-12-14-18-29(27)36(31)23-21-32-37-24-25-38-32;1-12-16(2,3)13-6-4-5-7-14(13)17(12)9-8-15-18-10-11-19-15;1-5-6-11-16-12(2)15(3,4)13-9-7-8-10-14(13)16;1-2-3-9-11-10-7-5-4-6-8-10;2-1(3,4)8(5,6)7;;1-3-4-2;1-3-2/h6,8-20,32H,1,7,21-25H2,2-5H3;4-7,15H,1,8-11H2,2-3H3;5,7-10H,1,6,11H2,2-4H3;2-9H,1H3;(H,5,6,7);1H;;/q+1;;+1;;;;;/p-2/b;;;3-2+,11-9?;;;;. The Morgan fingerprint density at radius 3 is 1.51 bits per heavy atom. The number of anilines is 2. The van der Waals surface area contributed by atoms with E-state index in [9.17, 15) is 13.2 Å². The van der Waals surface area contributed by atoms with E-state index in [1.165, 1.54) is 79.9 Å². The van der Waals surface area contributed by atoms with E-state index in [2.05, 4.69) is 278 Å². The molecule has 6 aliphatic rings. The summed E-state index contributed by atoms with van der Waals surface area (Å²) in [5.74, 6) is 0. The van der Waals surface area contributed by atoms with Gasteiger partial charge in [0.1, 0.15) is 0 Å². The third-order valence-corrected chi connectivity index (χ3v) is 20.5. The Morgan fingerprint density at radius 1 is 0.610 bits per heavy atom. The highest BCUT2D eigenvalue weighted by Crippen LogP contribution is 2.49. The summed E-state index contributed by atoms with van der Waals surface area (Å²) in [5.41, 5.74) is 11.4. The fourth-order valence-corrected chi connectivity index (χ4v) is 12.3. The van der Waals surface area contributed by atoms with Crippen molar-refractivity contribution in [2.24, 2.45) is 4.99 Å². The van der Waals surface area contributed by atoms with Gasteiger partial charge in [0.25, 0.3) is 0 Å². The lowest BCUT2D eigenvalue weighted by atomic mass is 9.81. The Labute approximate surface area is 637 Å². The van der Waals surface area contributed by atoms with Gasteiger partial charge in [-0.2, -0.15) is 22.3 Å². The topological polar surface area (TPSA) is 119 Å². The normalized spacial score (nSPS) is 17.7. The molecular formula is C76H93F3IN5O7S8. The van der Waals surface area contributed by atoms with Gasteiger partial charge in [-0.05, 0) is 82.2 Å². The van der Waals surface area contributed by atoms with Gasteiger partial charge in [0.2, 0.25) is 11.4 Å². The van der Waals surface area contributed by atoms with Crippen molar-refractivity contribution in [3.8, 4) is 0 Å². The predicted octanol–water partition coefficient (Wildman–Crippen LogP) is 13.9. The minimum atomic E-state index is -6.09. The van der Waals surface area contributed by atoms with Gasteiger partial charge in [-0.15, -0.1) is 13.2 Å². The Bertz CT molecular complexity index is 4020. The van der Waals surface area contributed by atoms with Gasteiger partial charge >= 0.3 is 5.51 Å². The molecule has 11 rings (SSSR count). The summed E-state index contributed by atoms with van der Waals surface area (Å²) in [6, 6.07) is 44.7. The molecular weight excluding hydrogens is 1540 g/mol. The van der Waals surface area contributed by atoms with Gasteiger partial charge in [0.15, 0.2) is 47.2 Å². The van der Waals surface area contributed by atoms with E-state index in [1.807, 2.05) is 61.6 Å². The molecule has 12 nitrogen and oxygen atoms in total. The molecule has 0 aromatic heterocycles. The number of hydrogen-bond acceptors (Lipinski definition) is 14. The number of benzene rings is 5. The summed E-state index contributed by atoms with van der Waals surface area (Å²) in [7, 11) is -2.83. The predicted molar refractivity (Wildman–Crippen MR) is 420 cm³/mol. The Kier molecular flexibility index (Phi) is 36.5. The van der Waals surface area contributed by atoms with E-state index < -0.39 is 15.6 Å². The zero-order valence-electron chi connectivity index (χ0n) is 58.5. The summed E-state index contributed by atoms with van der Waals surface area (Å²) < 4.78 is 86.2. The lowest BCUT2D eigenvalue weighted by Crippen LogP contribution is -3.00. The lowest BCUT2D eigenvalue weighted by molar-refractivity contribution is -0.437. The molecule has 0 unspecified atom stereocenters. The number of fused-ring (bicyclic) bond motifs is 4. The quantitative estimate of drug-likeness (QED) is 0.0167. The second kappa shape index (κ2) is 41.9. The largest absolute Gasteiger partial charge is 1.00 e. The average Bonchev–Trinajstić information content (AvgIpc) is 1.62. The van der Waals surface area contributed by atoms with Crippen molar-refractivity contribution in [1.29, 1.82) is 0 Å². The molecule has 0 saturated carbocycles. The fourth-order valence-electron chi connectivity index (χ4n) is 12.3. The van der Waals surface area contributed by atoms with E-state index in [0.29, 0.717) is 26.4 Å². The number of alkyl halides is 3. The summed E-state index contributed by atoms with van der Waals surface area (Å²) in [6.07, 6.45) is 24.3. The minimum absolute atomic E-state index is 0. The van der Waals surface area contributed by atoms with Crippen molar-refractivity contribution >= 4 is 128 Å². The van der Waals surface area contributed by atoms with E-state index in [0.717, 1.165) is 72.1 Å². The molecule has 0 amide bonds. The van der Waals surface area contributed by atoms with Crippen LogP contribution < -0.4 is 33.8 Å². The van der Waals surface area contributed by atoms with Crippen LogP contribution in [0.3, 0.4) is 0 Å². The molecule has 5 aromatic rings. The van der Waals surface area contributed by atoms with Gasteiger partial charge in [-0.25, -0.2) is 8.42 Å². The Balaban J connectivity index is 0.000000286. The van der Waals surface area contributed by atoms with E-state index >= 15 is 0 Å². The first-order chi connectivity index (χ1) is 47.1. The second-order valence-corrected chi connectivity index (χ2v) is 31.9. The molecule has 0 N–H and O–H groups in total. The molecule has 6 heterocycles. The molecule has 6 aliphatic heterocycles. The summed E-state index contributed by atoms with van der Waals surface area (Å²) in [5, 5.41) is 0. The zero-order chi connectivity index (χ0) is 73.0. The number of rotatable bonds is 17. The van der Waals surface area contributed by atoms with Crippen LogP contribution in [0.1, 0.15) is 117 Å². The summed E-state index contributed by atoms with van der Waals surface area (Å²) in [6.45, 7) is 41.1. The van der Waals surface area contributed by atoms with Crippen LogP contribution in [0.4, 0.5) is 41.6 Å². The van der Waals surface area contributed by atoms with Crippen molar-refractivity contribution in [3.63, 3.8) is 0 Å². The highest BCUT2D eigenvalue weighted by atomic mass is 127. The molecule has 0 radical (unpaired) electrons. The first-order valence-corrected chi connectivity index (χ1v) is 40.5. The average molecular weight is 1630 g/mol. The van der Waals surface area contributed by atoms with E-state index in [-0.39, 0.29) is 58.2 Å². The summed E-state index contributed by atoms with van der Waals surface area (Å²) >= 11 is 16.9. The molecule has 540 valence electrons. The molecule has 0 atom stereocenters. The number of halogens is 4. The molecule has 2 fully saturated rings. The highest BCUT2D eigenvalue weighted by molar-refractivity contribution is 8.51. The first-order valence-electron chi connectivity index (χ1n) is 32.4.